The topological polar surface area (TPSA) is 49.8 Å². The monoisotopic (exact) mass is 243 g/mol. The quantitative estimate of drug-likeness (QED) is 0.828. The maximum atomic E-state index is 12.0. The van der Waals surface area contributed by atoms with Gasteiger partial charge in [0.1, 0.15) is 5.60 Å². The van der Waals surface area contributed by atoms with Crippen molar-refractivity contribution in [1.82, 2.24) is 4.90 Å². The lowest BCUT2D eigenvalue weighted by Crippen LogP contribution is -2.43. The number of aliphatic hydroxyl groups is 1. The molecule has 0 saturated carbocycles. The molecule has 2 atom stereocenters. The Morgan fingerprint density at radius 2 is 2.12 bits per heavy atom. The van der Waals surface area contributed by atoms with Crippen LogP contribution in [0.5, 0.6) is 0 Å². The zero-order valence-electron chi connectivity index (χ0n) is 11.4. The maximum absolute atomic E-state index is 12.0. The number of rotatable bonds is 3. The molecule has 4 heteroatoms. The van der Waals surface area contributed by atoms with E-state index < -0.39 is 5.60 Å². The smallest absolute Gasteiger partial charge is 0.410 e. The summed E-state index contributed by atoms with van der Waals surface area (Å²) >= 11 is 0. The number of aliphatic hydroxyl groups excluding tert-OH is 1. The van der Waals surface area contributed by atoms with E-state index in [4.69, 9.17) is 4.74 Å². The third-order valence-corrected chi connectivity index (χ3v) is 3.16. The van der Waals surface area contributed by atoms with Crippen LogP contribution in [0.15, 0.2) is 0 Å². The van der Waals surface area contributed by atoms with Crippen LogP contribution < -0.4 is 0 Å². The van der Waals surface area contributed by atoms with Crippen LogP contribution in [0.2, 0.25) is 0 Å². The zero-order valence-corrected chi connectivity index (χ0v) is 11.4. The van der Waals surface area contributed by atoms with Crippen molar-refractivity contribution in [1.29, 1.82) is 0 Å². The molecule has 1 aliphatic rings. The summed E-state index contributed by atoms with van der Waals surface area (Å²) in [6.45, 7) is 8.44. The maximum Gasteiger partial charge on any atom is 0.410 e. The molecule has 0 spiro atoms. The fourth-order valence-corrected chi connectivity index (χ4v) is 2.42. The molecule has 0 radical (unpaired) electrons. The minimum atomic E-state index is -0.472. The first-order valence-corrected chi connectivity index (χ1v) is 6.49. The number of carbonyl (C=O) groups excluding carboxylic acids is 1. The lowest BCUT2D eigenvalue weighted by Gasteiger charge is -2.29. The highest BCUT2D eigenvalue weighted by Gasteiger charge is 2.37. The Bertz CT molecular complexity index is 260. The first kappa shape index (κ1) is 14.3. The molecule has 1 saturated heterocycles. The van der Waals surface area contributed by atoms with Gasteiger partial charge in [0.05, 0.1) is 12.6 Å². The Labute approximate surface area is 104 Å². The molecule has 1 rings (SSSR count). The molecular weight excluding hydrogens is 218 g/mol. The third kappa shape index (κ3) is 3.87. The van der Waals surface area contributed by atoms with Gasteiger partial charge in [0.2, 0.25) is 0 Å². The predicted octanol–water partition coefficient (Wildman–Crippen LogP) is 2.40. The van der Waals surface area contributed by atoms with Crippen molar-refractivity contribution < 1.29 is 14.6 Å². The Kier molecular flexibility index (Phi) is 4.80. The van der Waals surface area contributed by atoms with E-state index in [-0.39, 0.29) is 18.7 Å². The molecule has 1 fully saturated rings. The number of carbonyl (C=O) groups is 1. The zero-order chi connectivity index (χ0) is 13.1. The Morgan fingerprint density at radius 3 is 2.59 bits per heavy atom. The van der Waals surface area contributed by atoms with E-state index in [9.17, 15) is 9.90 Å². The molecule has 0 aromatic rings. The van der Waals surface area contributed by atoms with Gasteiger partial charge in [-0.2, -0.15) is 0 Å². The minimum Gasteiger partial charge on any atom is -0.444 e. The highest BCUT2D eigenvalue weighted by atomic mass is 16.6. The first-order chi connectivity index (χ1) is 7.89. The van der Waals surface area contributed by atoms with Gasteiger partial charge in [-0.3, -0.25) is 0 Å². The van der Waals surface area contributed by atoms with Gasteiger partial charge in [-0.1, -0.05) is 13.3 Å². The standard InChI is InChI=1S/C13H25NO3/c1-5-6-10-7-8-14(11(10)9-15)12(16)17-13(2,3)4/h10-11,15H,5-9H2,1-4H3/t10-,11-/m1/s1. The highest BCUT2D eigenvalue weighted by molar-refractivity contribution is 5.69. The van der Waals surface area contributed by atoms with Crippen molar-refractivity contribution in [3.8, 4) is 0 Å². The van der Waals surface area contributed by atoms with E-state index in [1.54, 1.807) is 4.90 Å². The molecule has 0 aromatic heterocycles. The first-order valence-electron chi connectivity index (χ1n) is 6.49. The lowest BCUT2D eigenvalue weighted by atomic mass is 9.96. The summed E-state index contributed by atoms with van der Waals surface area (Å²) in [7, 11) is 0. The van der Waals surface area contributed by atoms with Crippen LogP contribution >= 0.6 is 0 Å². The fourth-order valence-electron chi connectivity index (χ4n) is 2.42. The van der Waals surface area contributed by atoms with Crippen molar-refractivity contribution in [2.45, 2.75) is 58.6 Å². The summed E-state index contributed by atoms with van der Waals surface area (Å²) in [5.74, 6) is 0.414. The van der Waals surface area contributed by atoms with Gasteiger partial charge < -0.3 is 14.7 Å². The predicted molar refractivity (Wildman–Crippen MR) is 66.8 cm³/mol. The number of hydrogen-bond donors (Lipinski definition) is 1. The van der Waals surface area contributed by atoms with E-state index in [0.29, 0.717) is 12.5 Å². The molecule has 0 aromatic carbocycles. The second kappa shape index (κ2) is 5.71. The molecule has 1 N–H and O–H groups in total. The van der Waals surface area contributed by atoms with E-state index in [2.05, 4.69) is 6.92 Å². The van der Waals surface area contributed by atoms with Gasteiger partial charge >= 0.3 is 6.09 Å². The minimum absolute atomic E-state index is 0.0317. The Morgan fingerprint density at radius 1 is 1.47 bits per heavy atom. The van der Waals surface area contributed by atoms with Gasteiger partial charge in [0, 0.05) is 6.54 Å². The SMILES string of the molecule is CCC[C@@H]1CCN(C(=O)OC(C)(C)C)[C@@H]1CO. The van der Waals surface area contributed by atoms with Crippen molar-refractivity contribution in [2.75, 3.05) is 13.2 Å². The van der Waals surface area contributed by atoms with Crippen LogP contribution in [0.25, 0.3) is 0 Å². The average molecular weight is 243 g/mol. The van der Waals surface area contributed by atoms with Crippen molar-refractivity contribution in [2.24, 2.45) is 5.92 Å². The summed E-state index contributed by atoms with van der Waals surface area (Å²) in [6, 6.07) is -0.0650. The van der Waals surface area contributed by atoms with Gasteiger partial charge in [0.25, 0.3) is 0 Å². The van der Waals surface area contributed by atoms with Crippen LogP contribution in [0, 0.1) is 5.92 Å². The largest absolute Gasteiger partial charge is 0.444 e. The number of likely N-dealkylation sites (tertiary alicyclic amines) is 1. The molecule has 0 unspecified atom stereocenters. The van der Waals surface area contributed by atoms with E-state index in [1.807, 2.05) is 20.8 Å². The van der Waals surface area contributed by atoms with Crippen LogP contribution in [0.3, 0.4) is 0 Å². The normalized spacial score (nSPS) is 25.1. The molecular formula is C13H25NO3. The molecule has 0 aliphatic carbocycles. The molecule has 0 bridgehead atoms. The number of nitrogens with zero attached hydrogens (tertiary/aromatic N) is 1. The second-order valence-electron chi connectivity index (χ2n) is 5.76. The molecule has 100 valence electrons. The molecule has 4 nitrogen and oxygen atoms in total. The summed E-state index contributed by atoms with van der Waals surface area (Å²) in [5.41, 5.74) is -0.472. The fraction of sp³-hybridized carbons (Fsp3) is 0.923. The third-order valence-electron chi connectivity index (χ3n) is 3.16. The van der Waals surface area contributed by atoms with Crippen LogP contribution in [-0.4, -0.2) is 40.9 Å². The van der Waals surface area contributed by atoms with Crippen LogP contribution in [0.4, 0.5) is 4.79 Å². The summed E-state index contributed by atoms with van der Waals surface area (Å²) < 4.78 is 5.36. The van der Waals surface area contributed by atoms with Crippen molar-refractivity contribution in [3.63, 3.8) is 0 Å². The number of ether oxygens (including phenoxy) is 1. The number of hydrogen-bond acceptors (Lipinski definition) is 3. The van der Waals surface area contributed by atoms with Gasteiger partial charge in [-0.05, 0) is 39.5 Å². The van der Waals surface area contributed by atoms with E-state index in [0.717, 1.165) is 19.3 Å². The second-order valence-corrected chi connectivity index (χ2v) is 5.76. The van der Waals surface area contributed by atoms with E-state index >= 15 is 0 Å². The van der Waals surface area contributed by atoms with Gasteiger partial charge in [-0.25, -0.2) is 4.79 Å². The van der Waals surface area contributed by atoms with Crippen molar-refractivity contribution in [3.05, 3.63) is 0 Å². The molecule has 1 aliphatic heterocycles. The summed E-state index contributed by atoms with van der Waals surface area (Å²) in [5, 5.41) is 9.43. The lowest BCUT2D eigenvalue weighted by molar-refractivity contribution is 0.0143. The summed E-state index contributed by atoms with van der Waals surface area (Å²) in [4.78, 5) is 13.7. The summed E-state index contributed by atoms with van der Waals surface area (Å²) in [6.07, 6.45) is 2.82. The number of amides is 1. The average Bonchev–Trinajstić information content (AvgIpc) is 2.58. The van der Waals surface area contributed by atoms with Gasteiger partial charge in [0.15, 0.2) is 0 Å². The molecule has 1 amide bonds. The van der Waals surface area contributed by atoms with Crippen LogP contribution in [0.1, 0.15) is 47.0 Å². The Balaban J connectivity index is 2.62. The van der Waals surface area contributed by atoms with Crippen LogP contribution in [-0.2, 0) is 4.74 Å². The highest BCUT2D eigenvalue weighted by Crippen LogP contribution is 2.29. The van der Waals surface area contributed by atoms with E-state index in [1.165, 1.54) is 0 Å². The molecule has 17 heavy (non-hydrogen) atoms. The molecule has 1 heterocycles. The Hall–Kier alpha value is -0.770. The van der Waals surface area contributed by atoms with Crippen molar-refractivity contribution >= 4 is 6.09 Å². The van der Waals surface area contributed by atoms with Gasteiger partial charge in [-0.15, -0.1) is 0 Å².